The lowest BCUT2D eigenvalue weighted by Gasteiger charge is -2.28. The zero-order valence-electron chi connectivity index (χ0n) is 21.8. The molecule has 0 radical (unpaired) electrons. The largest absolute Gasteiger partial charge is 0.496 e. The zero-order valence-corrected chi connectivity index (χ0v) is 21.8. The van der Waals surface area contributed by atoms with E-state index in [1.807, 2.05) is 67.6 Å². The van der Waals surface area contributed by atoms with Gasteiger partial charge in [-0.2, -0.15) is 0 Å². The Bertz CT molecular complexity index is 1210. The molecule has 8 nitrogen and oxygen atoms in total. The van der Waals surface area contributed by atoms with Gasteiger partial charge in [0, 0.05) is 5.56 Å². The minimum Gasteiger partial charge on any atom is -0.496 e. The first-order valence-corrected chi connectivity index (χ1v) is 12.5. The molecule has 3 aromatic rings. The Morgan fingerprint density at radius 3 is 2.16 bits per heavy atom. The van der Waals surface area contributed by atoms with Crippen LogP contribution in [0.25, 0.3) is 0 Å². The summed E-state index contributed by atoms with van der Waals surface area (Å²) in [5.74, 6) is 0.334. The van der Waals surface area contributed by atoms with Gasteiger partial charge in [0.1, 0.15) is 24.2 Å². The van der Waals surface area contributed by atoms with E-state index in [0.29, 0.717) is 29.9 Å². The molecule has 3 aromatic carbocycles. The molecular weight excluding hydrogens is 486 g/mol. The van der Waals surface area contributed by atoms with Gasteiger partial charge in [0.05, 0.1) is 26.9 Å². The predicted octanol–water partition coefficient (Wildman–Crippen LogP) is 4.26. The summed E-state index contributed by atoms with van der Waals surface area (Å²) in [5.41, 5.74) is 3.11. The topological polar surface area (TPSA) is 94.5 Å². The highest BCUT2D eigenvalue weighted by Gasteiger charge is 2.44. The smallest absolute Gasteiger partial charge is 0.417 e. The molecule has 0 saturated carbocycles. The lowest BCUT2D eigenvalue weighted by Crippen LogP contribution is -2.48. The van der Waals surface area contributed by atoms with Crippen molar-refractivity contribution in [2.24, 2.45) is 0 Å². The van der Waals surface area contributed by atoms with Gasteiger partial charge in [-0.25, -0.2) is 9.69 Å². The molecule has 3 atom stereocenters. The fraction of sp³-hybridized carbons (Fsp3) is 0.333. The van der Waals surface area contributed by atoms with Crippen molar-refractivity contribution < 1.29 is 33.6 Å². The molecule has 8 heteroatoms. The number of methoxy groups -OCH3 is 2. The van der Waals surface area contributed by atoms with E-state index in [2.05, 4.69) is 0 Å². The Balaban J connectivity index is 1.62. The van der Waals surface area contributed by atoms with Gasteiger partial charge >= 0.3 is 6.09 Å². The van der Waals surface area contributed by atoms with Crippen molar-refractivity contribution in [2.45, 2.75) is 38.0 Å². The Morgan fingerprint density at radius 2 is 1.58 bits per heavy atom. The summed E-state index contributed by atoms with van der Waals surface area (Å²) in [6.07, 6.45) is -2.56. The molecule has 0 aliphatic carbocycles. The molecule has 2 amide bonds. The number of amides is 2. The van der Waals surface area contributed by atoms with Gasteiger partial charge in [-0.1, -0.05) is 60.7 Å². The van der Waals surface area contributed by atoms with E-state index in [1.165, 1.54) is 14.2 Å². The van der Waals surface area contributed by atoms with E-state index in [9.17, 15) is 14.7 Å². The Morgan fingerprint density at radius 1 is 1.00 bits per heavy atom. The minimum absolute atomic E-state index is 0.0679. The van der Waals surface area contributed by atoms with E-state index in [-0.39, 0.29) is 13.2 Å². The maximum atomic E-state index is 13.9. The quantitative estimate of drug-likeness (QED) is 0.404. The SMILES string of the molecule is COc1cc(C(O)C(OCCc2ccccc2)C(=O)N2C(=O)OC[C@@H]2Cc2ccccc2)cc(OC)c1C. The van der Waals surface area contributed by atoms with Gasteiger partial charge in [0.25, 0.3) is 5.91 Å². The van der Waals surface area contributed by atoms with Crippen molar-refractivity contribution in [2.75, 3.05) is 27.4 Å². The van der Waals surface area contributed by atoms with E-state index in [1.54, 1.807) is 12.1 Å². The van der Waals surface area contributed by atoms with Crippen LogP contribution in [-0.2, 0) is 27.1 Å². The number of aliphatic hydroxyl groups is 1. The number of carbonyl (C=O) groups is 2. The summed E-state index contributed by atoms with van der Waals surface area (Å²) in [7, 11) is 3.04. The number of rotatable bonds is 11. The molecule has 38 heavy (non-hydrogen) atoms. The molecule has 0 aromatic heterocycles. The third-order valence-electron chi connectivity index (χ3n) is 6.69. The summed E-state index contributed by atoms with van der Waals surface area (Å²) in [6.45, 7) is 2.06. The summed E-state index contributed by atoms with van der Waals surface area (Å²) < 4.78 is 22.2. The fourth-order valence-corrected chi connectivity index (χ4v) is 4.60. The van der Waals surface area contributed by atoms with Gasteiger partial charge in [-0.05, 0) is 48.6 Å². The van der Waals surface area contributed by atoms with Gasteiger partial charge in [0.2, 0.25) is 0 Å². The van der Waals surface area contributed by atoms with Gasteiger partial charge in [-0.15, -0.1) is 0 Å². The minimum atomic E-state index is -1.40. The van der Waals surface area contributed by atoms with Crippen LogP contribution in [-0.4, -0.2) is 61.6 Å². The molecule has 200 valence electrons. The van der Waals surface area contributed by atoms with Crippen LogP contribution < -0.4 is 9.47 Å². The van der Waals surface area contributed by atoms with Crippen LogP contribution in [0.3, 0.4) is 0 Å². The highest BCUT2D eigenvalue weighted by molar-refractivity contribution is 5.96. The highest BCUT2D eigenvalue weighted by atomic mass is 16.6. The summed E-state index contributed by atoms with van der Waals surface area (Å²) in [6, 6.07) is 22.0. The fourth-order valence-electron chi connectivity index (χ4n) is 4.60. The third-order valence-corrected chi connectivity index (χ3v) is 6.69. The molecule has 0 bridgehead atoms. The van der Waals surface area contributed by atoms with Crippen LogP contribution in [0.4, 0.5) is 4.79 Å². The molecule has 4 rings (SSSR count). The standard InChI is InChI=1S/C30H33NO7/c1-20-25(35-2)17-23(18-26(20)36-3)27(32)28(37-15-14-21-10-6-4-7-11-21)29(33)31-24(19-38-30(31)34)16-22-12-8-5-9-13-22/h4-13,17-18,24,27-28,32H,14-16,19H2,1-3H3/t24-,27?,28?/m0/s1. The molecule has 1 aliphatic heterocycles. The van der Waals surface area contributed by atoms with Crippen molar-refractivity contribution in [3.8, 4) is 11.5 Å². The first-order chi connectivity index (χ1) is 18.4. The normalized spacial score (nSPS) is 16.6. The Kier molecular flexibility index (Phi) is 8.99. The first-order valence-electron chi connectivity index (χ1n) is 12.5. The summed E-state index contributed by atoms with van der Waals surface area (Å²) in [4.78, 5) is 27.7. The number of hydrogen-bond donors (Lipinski definition) is 1. The average molecular weight is 520 g/mol. The number of imide groups is 1. The van der Waals surface area contributed by atoms with E-state index >= 15 is 0 Å². The number of cyclic esters (lactones) is 1. The van der Waals surface area contributed by atoms with Crippen molar-refractivity contribution in [1.82, 2.24) is 4.90 Å². The highest BCUT2D eigenvalue weighted by Crippen LogP contribution is 2.34. The number of benzene rings is 3. The maximum absolute atomic E-state index is 13.9. The van der Waals surface area contributed by atoms with E-state index in [0.717, 1.165) is 21.6 Å². The third kappa shape index (κ3) is 6.15. The van der Waals surface area contributed by atoms with Crippen LogP contribution in [0.15, 0.2) is 72.8 Å². The molecule has 1 N–H and O–H groups in total. The van der Waals surface area contributed by atoms with Crippen molar-refractivity contribution >= 4 is 12.0 Å². The van der Waals surface area contributed by atoms with Crippen LogP contribution in [0.1, 0.15) is 28.4 Å². The number of carbonyl (C=O) groups excluding carboxylic acids is 2. The monoisotopic (exact) mass is 519 g/mol. The molecule has 1 saturated heterocycles. The molecule has 0 spiro atoms. The summed E-state index contributed by atoms with van der Waals surface area (Å²) in [5, 5.41) is 11.5. The van der Waals surface area contributed by atoms with Crippen molar-refractivity contribution in [3.05, 3.63) is 95.1 Å². The number of hydrogen-bond acceptors (Lipinski definition) is 7. The zero-order chi connectivity index (χ0) is 27.1. The molecular formula is C30H33NO7. The van der Waals surface area contributed by atoms with E-state index < -0.39 is 30.3 Å². The number of ether oxygens (including phenoxy) is 4. The van der Waals surface area contributed by atoms with Gasteiger partial charge < -0.3 is 24.1 Å². The molecule has 1 heterocycles. The number of aliphatic hydroxyl groups excluding tert-OH is 1. The molecule has 2 unspecified atom stereocenters. The van der Waals surface area contributed by atoms with Crippen LogP contribution in [0, 0.1) is 6.92 Å². The lowest BCUT2D eigenvalue weighted by atomic mass is 9.99. The summed E-state index contributed by atoms with van der Waals surface area (Å²) >= 11 is 0. The Hall–Kier alpha value is -3.88. The predicted molar refractivity (Wildman–Crippen MR) is 141 cm³/mol. The van der Waals surface area contributed by atoms with Crippen LogP contribution in [0.2, 0.25) is 0 Å². The molecule has 1 fully saturated rings. The molecule has 1 aliphatic rings. The average Bonchev–Trinajstić information content (AvgIpc) is 3.31. The van der Waals surface area contributed by atoms with Crippen LogP contribution in [0.5, 0.6) is 11.5 Å². The van der Waals surface area contributed by atoms with Crippen molar-refractivity contribution in [3.63, 3.8) is 0 Å². The van der Waals surface area contributed by atoms with Gasteiger partial charge in [0.15, 0.2) is 6.10 Å². The van der Waals surface area contributed by atoms with E-state index in [4.69, 9.17) is 18.9 Å². The second kappa shape index (κ2) is 12.6. The maximum Gasteiger partial charge on any atom is 0.417 e. The number of nitrogens with zero attached hydrogens (tertiary/aromatic N) is 1. The van der Waals surface area contributed by atoms with Crippen molar-refractivity contribution in [1.29, 1.82) is 0 Å². The second-order valence-corrected chi connectivity index (χ2v) is 9.15. The Labute approximate surface area is 222 Å². The second-order valence-electron chi connectivity index (χ2n) is 9.15. The lowest BCUT2D eigenvalue weighted by molar-refractivity contribution is -0.150. The first kappa shape index (κ1) is 27.2. The van der Waals surface area contributed by atoms with Crippen LogP contribution >= 0.6 is 0 Å². The van der Waals surface area contributed by atoms with Gasteiger partial charge in [-0.3, -0.25) is 4.79 Å².